The number of nitrogens with zero attached hydrogens (tertiary/aromatic N) is 7. The number of rotatable bonds is 10. The predicted molar refractivity (Wildman–Crippen MR) is 190 cm³/mol. The van der Waals surface area contributed by atoms with E-state index in [-0.39, 0.29) is 10.9 Å². The van der Waals surface area contributed by atoms with Crippen LogP contribution < -0.4 is 5.32 Å². The highest BCUT2D eigenvalue weighted by Gasteiger charge is 2.30. The third-order valence-electron chi connectivity index (χ3n) is 11.0. The number of nitrogens with one attached hydrogen (secondary N) is 1. The Morgan fingerprint density at radius 3 is 2.46 bits per heavy atom. The van der Waals surface area contributed by atoms with Crippen molar-refractivity contribution in [3.63, 3.8) is 0 Å². The number of carbonyl (C=O) groups excluding carboxylic acids is 1. The van der Waals surface area contributed by atoms with Crippen molar-refractivity contribution in [2.24, 2.45) is 5.92 Å². The lowest BCUT2D eigenvalue weighted by Gasteiger charge is -2.35. The fraction of sp³-hybridized carbons (Fsp3) is 0.568. The number of piperazine rings is 1. The topological polar surface area (TPSA) is 93.3 Å². The molecule has 50 heavy (non-hydrogen) atoms. The molecule has 0 radical (unpaired) electrons. The van der Waals surface area contributed by atoms with Crippen molar-refractivity contribution >= 4 is 44.2 Å². The maximum Gasteiger partial charge on any atom is 0.393 e. The molecular formula is C37H45F3N8OS. The lowest BCUT2D eigenvalue weighted by atomic mass is 10.0. The number of aromatic nitrogens is 3. The Balaban J connectivity index is 0.927. The van der Waals surface area contributed by atoms with Crippen molar-refractivity contribution in [3.05, 3.63) is 52.3 Å². The number of likely N-dealkylation sites (tertiary alicyclic amines) is 1. The largest absolute Gasteiger partial charge is 0.393 e. The molecule has 266 valence electrons. The number of nitriles is 1. The summed E-state index contributed by atoms with van der Waals surface area (Å²) in [7, 11) is 0. The molecule has 3 aromatic heterocycles. The van der Waals surface area contributed by atoms with Gasteiger partial charge >= 0.3 is 6.18 Å². The number of aryl methyl sites for hydroxylation is 1. The highest BCUT2D eigenvalue weighted by atomic mass is 32.1. The molecule has 1 aromatic carbocycles. The Morgan fingerprint density at radius 1 is 0.980 bits per heavy atom. The second kappa shape index (κ2) is 14.9. The minimum Gasteiger partial charge on any atom is -0.367 e. The molecule has 0 bridgehead atoms. The van der Waals surface area contributed by atoms with Crippen LogP contribution >= 0.6 is 11.3 Å². The van der Waals surface area contributed by atoms with Crippen LogP contribution in [0.15, 0.2) is 30.6 Å². The van der Waals surface area contributed by atoms with Gasteiger partial charge in [0.1, 0.15) is 28.7 Å². The van der Waals surface area contributed by atoms with Crippen LogP contribution in [0, 0.1) is 24.2 Å². The van der Waals surface area contributed by atoms with Crippen LogP contribution in [-0.4, -0.2) is 93.2 Å². The van der Waals surface area contributed by atoms with E-state index in [0.29, 0.717) is 40.0 Å². The zero-order chi connectivity index (χ0) is 34.8. The van der Waals surface area contributed by atoms with Gasteiger partial charge < -0.3 is 14.8 Å². The van der Waals surface area contributed by atoms with Crippen molar-refractivity contribution in [2.45, 2.75) is 83.6 Å². The molecule has 13 heteroatoms. The van der Waals surface area contributed by atoms with E-state index in [0.717, 1.165) is 94.0 Å². The van der Waals surface area contributed by atoms with E-state index < -0.39 is 12.6 Å². The quantitative estimate of drug-likeness (QED) is 0.196. The Labute approximate surface area is 295 Å². The van der Waals surface area contributed by atoms with Gasteiger partial charge in [0.15, 0.2) is 0 Å². The van der Waals surface area contributed by atoms with Crippen LogP contribution in [0.1, 0.15) is 66.6 Å². The summed E-state index contributed by atoms with van der Waals surface area (Å²) < 4.78 is 41.0. The number of hydrogen-bond donors (Lipinski definition) is 1. The molecule has 3 aliphatic rings. The van der Waals surface area contributed by atoms with Crippen LogP contribution in [0.4, 0.5) is 19.0 Å². The van der Waals surface area contributed by atoms with Crippen molar-refractivity contribution in [2.75, 3.05) is 51.1 Å². The highest BCUT2D eigenvalue weighted by molar-refractivity contribution is 7.18. The average molecular weight is 707 g/mol. The van der Waals surface area contributed by atoms with Crippen LogP contribution in [0.2, 0.25) is 0 Å². The number of fused-ring (bicyclic) bond motifs is 2. The monoisotopic (exact) mass is 706 g/mol. The smallest absolute Gasteiger partial charge is 0.367 e. The van der Waals surface area contributed by atoms with Crippen molar-refractivity contribution < 1.29 is 18.0 Å². The van der Waals surface area contributed by atoms with Crippen molar-refractivity contribution in [1.82, 2.24) is 29.2 Å². The molecule has 1 saturated carbocycles. The molecule has 5 heterocycles. The summed E-state index contributed by atoms with van der Waals surface area (Å²) in [6, 6.07) is 10.5. The number of thiophene rings is 1. The van der Waals surface area contributed by atoms with Gasteiger partial charge in [-0.2, -0.15) is 18.4 Å². The normalized spacial score (nSPS) is 18.7. The first kappa shape index (κ1) is 34.7. The van der Waals surface area contributed by atoms with E-state index in [4.69, 9.17) is 0 Å². The van der Waals surface area contributed by atoms with Gasteiger partial charge in [0.05, 0.1) is 11.8 Å². The van der Waals surface area contributed by atoms with Crippen LogP contribution in [0.3, 0.4) is 0 Å². The minimum atomic E-state index is -4.26. The summed E-state index contributed by atoms with van der Waals surface area (Å²) in [4.78, 5) is 29.1. The van der Waals surface area contributed by atoms with Gasteiger partial charge in [-0.1, -0.05) is 18.9 Å². The number of anilines is 1. The summed E-state index contributed by atoms with van der Waals surface area (Å²) >= 11 is 1.07. The molecule has 9 nitrogen and oxygen atoms in total. The predicted octanol–water partition coefficient (Wildman–Crippen LogP) is 6.73. The van der Waals surface area contributed by atoms with E-state index in [1.54, 1.807) is 6.07 Å². The maximum absolute atomic E-state index is 13.0. The van der Waals surface area contributed by atoms with Gasteiger partial charge in [-0.05, 0) is 67.9 Å². The zero-order valence-corrected chi connectivity index (χ0v) is 29.5. The molecule has 1 aliphatic carbocycles. The average Bonchev–Trinajstić information content (AvgIpc) is 3.84. The molecule has 2 saturated heterocycles. The fourth-order valence-electron chi connectivity index (χ4n) is 8.05. The molecule has 1 amide bonds. The third kappa shape index (κ3) is 7.92. The number of carbonyl (C=O) groups is 1. The Hall–Kier alpha value is -3.73. The van der Waals surface area contributed by atoms with E-state index in [9.17, 15) is 23.2 Å². The lowest BCUT2D eigenvalue weighted by molar-refractivity contribution is -0.134. The third-order valence-corrected chi connectivity index (χ3v) is 12.0. The molecule has 7 rings (SSSR count). The van der Waals surface area contributed by atoms with E-state index in [1.165, 1.54) is 43.1 Å². The SMILES string of the molecule is Cc1c(CN2CCC(Nc3ncnc4sc(CC(F)(F)F)cc34)CC2)ccc2c1cc(C#N)n2CCN1CCN(C(=O)CC2CCCC2)CC1. The van der Waals surface area contributed by atoms with Crippen LogP contribution in [-0.2, 0) is 24.3 Å². The van der Waals surface area contributed by atoms with Crippen LogP contribution in [0.5, 0.6) is 0 Å². The van der Waals surface area contributed by atoms with Gasteiger partial charge in [0.25, 0.3) is 0 Å². The second-order valence-electron chi connectivity index (χ2n) is 14.3. The standard InChI is InChI=1S/C37H45F3N8OS/c1-25-27(23-46-10-8-28(9-11-46)44-35-32-20-30(21-37(38,39)40)50-36(32)43-24-42-35)6-7-33-31(25)19-29(22-41)48(33)17-14-45-12-15-47(16-13-45)34(49)18-26-4-2-3-5-26/h6-7,19-20,24,26,28H,2-5,8-18,21,23H2,1H3,(H,42,43,44). The molecule has 2 aliphatic heterocycles. The second-order valence-corrected chi connectivity index (χ2v) is 15.4. The van der Waals surface area contributed by atoms with Crippen molar-refractivity contribution in [3.8, 4) is 6.07 Å². The van der Waals surface area contributed by atoms with E-state index in [1.807, 2.05) is 11.0 Å². The fourth-order valence-corrected chi connectivity index (χ4v) is 9.08. The zero-order valence-electron chi connectivity index (χ0n) is 28.6. The molecule has 0 spiro atoms. The van der Waals surface area contributed by atoms with Gasteiger partial charge in [-0.25, -0.2) is 9.97 Å². The van der Waals surface area contributed by atoms with Gasteiger partial charge in [0.2, 0.25) is 5.91 Å². The lowest BCUT2D eigenvalue weighted by Crippen LogP contribution is -2.49. The number of hydrogen-bond acceptors (Lipinski definition) is 8. The van der Waals surface area contributed by atoms with Crippen LogP contribution in [0.25, 0.3) is 21.1 Å². The summed E-state index contributed by atoms with van der Waals surface area (Å²) in [5.41, 5.74) is 4.20. The maximum atomic E-state index is 13.0. The minimum absolute atomic E-state index is 0.173. The summed E-state index contributed by atoms with van der Waals surface area (Å²) in [6.07, 6.45) is 3.62. The molecular weight excluding hydrogens is 662 g/mol. The number of halogens is 3. The van der Waals surface area contributed by atoms with Gasteiger partial charge in [0, 0.05) is 87.1 Å². The summed E-state index contributed by atoms with van der Waals surface area (Å²) in [5, 5.41) is 15.3. The van der Waals surface area contributed by atoms with Crippen molar-refractivity contribution in [1.29, 1.82) is 5.26 Å². The molecule has 0 atom stereocenters. The highest BCUT2D eigenvalue weighted by Crippen LogP contribution is 2.34. The number of amides is 1. The van der Waals surface area contributed by atoms with E-state index >= 15 is 0 Å². The number of benzene rings is 1. The molecule has 4 aromatic rings. The molecule has 0 unspecified atom stereocenters. The first-order valence-electron chi connectivity index (χ1n) is 17.9. The van der Waals surface area contributed by atoms with E-state index in [2.05, 4.69) is 54.8 Å². The number of piperidine rings is 1. The molecule has 3 fully saturated rings. The number of alkyl halides is 3. The first-order valence-corrected chi connectivity index (χ1v) is 18.8. The summed E-state index contributed by atoms with van der Waals surface area (Å²) in [6.45, 7) is 9.60. The Kier molecular flexibility index (Phi) is 10.3. The van der Waals surface area contributed by atoms with Gasteiger partial charge in [-0.15, -0.1) is 11.3 Å². The van der Waals surface area contributed by atoms with Gasteiger partial charge in [-0.3, -0.25) is 14.6 Å². The first-order chi connectivity index (χ1) is 24.1. The molecule has 1 N–H and O–H groups in total. The Morgan fingerprint density at radius 2 is 1.74 bits per heavy atom. The Bertz CT molecular complexity index is 1860. The summed E-state index contributed by atoms with van der Waals surface area (Å²) in [5.74, 6) is 1.50.